The topological polar surface area (TPSA) is 26.3 Å². The highest BCUT2D eigenvalue weighted by Crippen LogP contribution is 2.58. The largest absolute Gasteiger partial charge is 0.324 e. The van der Waals surface area contributed by atoms with E-state index in [-0.39, 0.29) is 17.7 Å². The third-order valence-electron chi connectivity index (χ3n) is 2.33. The fourth-order valence-corrected chi connectivity index (χ4v) is 3.35. The van der Waals surface area contributed by atoms with Crippen molar-refractivity contribution in [3.05, 3.63) is 0 Å². The van der Waals surface area contributed by atoms with E-state index in [9.17, 15) is 4.57 Å². The van der Waals surface area contributed by atoms with Crippen molar-refractivity contribution in [1.29, 1.82) is 0 Å². The molecule has 0 aromatic rings. The van der Waals surface area contributed by atoms with E-state index in [0.29, 0.717) is 0 Å². The minimum atomic E-state index is -2.41. The minimum Gasteiger partial charge on any atom is -0.324 e. The van der Waals surface area contributed by atoms with Gasteiger partial charge >= 0.3 is 0 Å². The first-order valence-corrected chi connectivity index (χ1v) is 5.85. The molecule has 2 nitrogen and oxygen atoms in total. The summed E-state index contributed by atoms with van der Waals surface area (Å²) in [6.07, 6.45) is 5.23. The van der Waals surface area contributed by atoms with Gasteiger partial charge in [-0.05, 0) is 6.92 Å². The second kappa shape index (κ2) is 2.66. The third-order valence-corrected chi connectivity index (χ3v) is 4.89. The molecule has 11 heavy (non-hydrogen) atoms. The number of hydrogen-bond acceptors (Lipinski definition) is 2. The molecule has 1 aliphatic rings. The SMILES string of the molecule is C#CC1C(C)OP(C)(=O)C1C. The first-order valence-electron chi connectivity index (χ1n) is 3.70. The summed E-state index contributed by atoms with van der Waals surface area (Å²) in [5.74, 6) is 2.64. The lowest BCUT2D eigenvalue weighted by Gasteiger charge is -2.09. The fourth-order valence-electron chi connectivity index (χ4n) is 1.45. The smallest absolute Gasteiger partial charge is 0.204 e. The normalized spacial score (nSPS) is 50.5. The summed E-state index contributed by atoms with van der Waals surface area (Å²) in [7, 11) is -2.41. The van der Waals surface area contributed by atoms with E-state index in [1.165, 1.54) is 0 Å². The Labute approximate surface area is 67.8 Å². The van der Waals surface area contributed by atoms with Crippen LogP contribution in [0.15, 0.2) is 0 Å². The summed E-state index contributed by atoms with van der Waals surface area (Å²) < 4.78 is 16.9. The van der Waals surface area contributed by atoms with Crippen molar-refractivity contribution in [3.8, 4) is 12.3 Å². The maximum atomic E-state index is 11.6. The standard InChI is InChI=1S/C8H13O2P/c1-5-8-6(2)10-11(4,9)7(8)3/h1,6-8H,2-4H3. The van der Waals surface area contributed by atoms with Crippen LogP contribution in [0.1, 0.15) is 13.8 Å². The molecule has 1 saturated heterocycles. The Hall–Kier alpha value is -0.250. The van der Waals surface area contributed by atoms with Crippen LogP contribution in [-0.4, -0.2) is 18.4 Å². The third kappa shape index (κ3) is 1.36. The van der Waals surface area contributed by atoms with Crippen LogP contribution in [0.25, 0.3) is 0 Å². The molecule has 0 N–H and O–H groups in total. The first-order chi connectivity index (χ1) is 4.99. The molecule has 1 rings (SSSR count). The van der Waals surface area contributed by atoms with E-state index in [1.54, 1.807) is 6.66 Å². The van der Waals surface area contributed by atoms with Gasteiger partial charge in [-0.3, -0.25) is 4.57 Å². The molecule has 0 bridgehead atoms. The van der Waals surface area contributed by atoms with Crippen LogP contribution in [0.5, 0.6) is 0 Å². The molecule has 4 atom stereocenters. The van der Waals surface area contributed by atoms with E-state index in [1.807, 2.05) is 13.8 Å². The van der Waals surface area contributed by atoms with Crippen LogP contribution in [0, 0.1) is 18.3 Å². The van der Waals surface area contributed by atoms with Gasteiger partial charge < -0.3 is 4.52 Å². The Morgan fingerprint density at radius 3 is 2.27 bits per heavy atom. The Bertz CT molecular complexity index is 241. The van der Waals surface area contributed by atoms with Crippen molar-refractivity contribution >= 4 is 7.37 Å². The lowest BCUT2D eigenvalue weighted by Crippen LogP contribution is -2.16. The zero-order chi connectivity index (χ0) is 8.65. The lowest BCUT2D eigenvalue weighted by molar-refractivity contribution is 0.229. The maximum Gasteiger partial charge on any atom is 0.204 e. The average Bonchev–Trinajstić information content (AvgIpc) is 2.04. The molecule has 1 aliphatic heterocycles. The summed E-state index contributed by atoms with van der Waals surface area (Å²) in [4.78, 5) is 0. The Morgan fingerprint density at radius 1 is 1.55 bits per heavy atom. The molecule has 0 amide bonds. The lowest BCUT2D eigenvalue weighted by atomic mass is 10.0. The van der Waals surface area contributed by atoms with E-state index in [0.717, 1.165) is 0 Å². The Balaban J connectivity index is 2.90. The van der Waals surface area contributed by atoms with Gasteiger partial charge in [0.2, 0.25) is 7.37 Å². The Morgan fingerprint density at radius 2 is 2.09 bits per heavy atom. The highest BCUT2D eigenvalue weighted by molar-refractivity contribution is 7.59. The summed E-state index contributed by atoms with van der Waals surface area (Å²) in [6.45, 7) is 5.44. The van der Waals surface area contributed by atoms with E-state index >= 15 is 0 Å². The first kappa shape index (κ1) is 8.84. The van der Waals surface area contributed by atoms with Crippen molar-refractivity contribution in [3.63, 3.8) is 0 Å². The van der Waals surface area contributed by atoms with Crippen LogP contribution in [0.2, 0.25) is 0 Å². The molecule has 4 unspecified atom stereocenters. The summed E-state index contributed by atoms with van der Waals surface area (Å²) in [5.41, 5.74) is 0.0162. The van der Waals surface area contributed by atoms with Crippen molar-refractivity contribution < 1.29 is 9.09 Å². The summed E-state index contributed by atoms with van der Waals surface area (Å²) >= 11 is 0. The van der Waals surface area contributed by atoms with Crippen LogP contribution >= 0.6 is 7.37 Å². The van der Waals surface area contributed by atoms with Crippen molar-refractivity contribution in [2.24, 2.45) is 5.92 Å². The molecule has 0 aromatic heterocycles. The van der Waals surface area contributed by atoms with Gasteiger partial charge in [-0.1, -0.05) is 12.8 Å². The second-order valence-electron chi connectivity index (χ2n) is 3.15. The predicted octanol–water partition coefficient (Wildman–Crippen LogP) is 1.95. The maximum absolute atomic E-state index is 11.6. The van der Waals surface area contributed by atoms with Crippen LogP contribution in [-0.2, 0) is 9.09 Å². The highest BCUT2D eigenvalue weighted by Gasteiger charge is 2.43. The molecule has 0 radical (unpaired) electrons. The van der Waals surface area contributed by atoms with Crippen LogP contribution < -0.4 is 0 Å². The van der Waals surface area contributed by atoms with E-state index < -0.39 is 7.37 Å². The summed E-state index contributed by atoms with van der Waals surface area (Å²) in [5, 5.41) is 0. The van der Waals surface area contributed by atoms with Gasteiger partial charge in [0.15, 0.2) is 0 Å². The highest BCUT2D eigenvalue weighted by atomic mass is 31.2. The van der Waals surface area contributed by atoms with Gasteiger partial charge in [-0.2, -0.15) is 0 Å². The average molecular weight is 172 g/mol. The Kier molecular flexibility index (Phi) is 2.14. The molecule has 0 saturated carbocycles. The van der Waals surface area contributed by atoms with Crippen molar-refractivity contribution in [2.75, 3.05) is 6.66 Å². The molecular weight excluding hydrogens is 159 g/mol. The van der Waals surface area contributed by atoms with E-state index in [4.69, 9.17) is 10.9 Å². The molecule has 1 heterocycles. The molecule has 0 aromatic carbocycles. The monoisotopic (exact) mass is 172 g/mol. The second-order valence-corrected chi connectivity index (χ2v) is 6.00. The molecule has 3 heteroatoms. The molecule has 0 spiro atoms. The van der Waals surface area contributed by atoms with Crippen LogP contribution in [0.4, 0.5) is 0 Å². The number of terminal acetylenes is 1. The van der Waals surface area contributed by atoms with Gasteiger partial charge in [0.25, 0.3) is 0 Å². The van der Waals surface area contributed by atoms with Gasteiger partial charge in [0, 0.05) is 12.3 Å². The minimum absolute atomic E-state index is 0.0162. The number of hydrogen-bond donors (Lipinski definition) is 0. The quantitative estimate of drug-likeness (QED) is 0.412. The van der Waals surface area contributed by atoms with Crippen LogP contribution in [0.3, 0.4) is 0 Å². The van der Waals surface area contributed by atoms with Gasteiger partial charge in [0.1, 0.15) is 0 Å². The predicted molar refractivity (Wildman–Crippen MR) is 45.9 cm³/mol. The fraction of sp³-hybridized carbons (Fsp3) is 0.750. The molecule has 62 valence electrons. The van der Waals surface area contributed by atoms with Crippen molar-refractivity contribution in [1.82, 2.24) is 0 Å². The molecular formula is C8H13O2P. The number of rotatable bonds is 0. The van der Waals surface area contributed by atoms with Gasteiger partial charge in [0.05, 0.1) is 12.0 Å². The molecule has 0 aliphatic carbocycles. The van der Waals surface area contributed by atoms with E-state index in [2.05, 4.69) is 5.92 Å². The van der Waals surface area contributed by atoms with Gasteiger partial charge in [-0.25, -0.2) is 0 Å². The zero-order valence-corrected chi connectivity index (χ0v) is 7.97. The summed E-state index contributed by atoms with van der Waals surface area (Å²) in [6, 6.07) is 0. The zero-order valence-electron chi connectivity index (χ0n) is 7.07. The van der Waals surface area contributed by atoms with Gasteiger partial charge in [-0.15, -0.1) is 6.42 Å². The molecule has 1 fully saturated rings. The van der Waals surface area contributed by atoms with Crippen molar-refractivity contribution in [2.45, 2.75) is 25.6 Å².